The highest BCUT2D eigenvalue weighted by atomic mass is 16.4. The Balaban J connectivity index is 4.49. The summed E-state index contributed by atoms with van der Waals surface area (Å²) in [6.07, 6.45) is 1.97. The lowest BCUT2D eigenvalue weighted by atomic mass is 9.93. The maximum atomic E-state index is 10.9. The minimum Gasteiger partial charge on any atom is -0.481 e. The van der Waals surface area contributed by atoms with Crippen molar-refractivity contribution in [2.24, 2.45) is 11.8 Å². The maximum Gasteiger partial charge on any atom is 0.318 e. The van der Waals surface area contributed by atoms with Gasteiger partial charge < -0.3 is 15.1 Å². The Kier molecular flexibility index (Phi) is 7.54. The van der Waals surface area contributed by atoms with Gasteiger partial charge in [-0.25, -0.2) is 0 Å². The molecule has 0 spiro atoms. The van der Waals surface area contributed by atoms with Crippen molar-refractivity contribution in [2.45, 2.75) is 33.6 Å². The topological polar surface area (TPSA) is 77.8 Å². The molecular formula is C12H23NO4. The van der Waals surface area contributed by atoms with E-state index in [2.05, 4.69) is 18.7 Å². The van der Waals surface area contributed by atoms with Gasteiger partial charge in [-0.1, -0.05) is 20.8 Å². The van der Waals surface area contributed by atoms with Crippen molar-refractivity contribution < 1.29 is 19.8 Å². The zero-order valence-corrected chi connectivity index (χ0v) is 10.8. The molecule has 0 aliphatic carbocycles. The standard InChI is InChI=1S/C12H23NO4/c1-4-6-13(7-5-2)8-9(3)10(11(14)15)12(16)17/h9-10H,4-8H2,1-3H3,(H,14,15)(H,16,17). The minimum absolute atomic E-state index is 0.386. The molecular weight excluding hydrogens is 222 g/mol. The van der Waals surface area contributed by atoms with Crippen LogP contribution in [0.1, 0.15) is 33.6 Å². The van der Waals surface area contributed by atoms with E-state index in [-0.39, 0.29) is 5.92 Å². The second kappa shape index (κ2) is 8.06. The Morgan fingerprint density at radius 3 is 1.76 bits per heavy atom. The van der Waals surface area contributed by atoms with Gasteiger partial charge in [-0.15, -0.1) is 0 Å². The lowest BCUT2D eigenvalue weighted by Gasteiger charge is -2.26. The van der Waals surface area contributed by atoms with Gasteiger partial charge in [0.15, 0.2) is 5.92 Å². The molecule has 0 rings (SSSR count). The number of carbonyl (C=O) groups is 2. The van der Waals surface area contributed by atoms with E-state index in [1.807, 2.05) is 0 Å². The highest BCUT2D eigenvalue weighted by molar-refractivity contribution is 5.93. The average Bonchev–Trinajstić information content (AvgIpc) is 2.16. The molecule has 1 atom stereocenters. The van der Waals surface area contributed by atoms with E-state index in [0.717, 1.165) is 25.9 Å². The van der Waals surface area contributed by atoms with E-state index >= 15 is 0 Å². The Morgan fingerprint density at radius 1 is 1.06 bits per heavy atom. The highest BCUT2D eigenvalue weighted by Gasteiger charge is 2.32. The van der Waals surface area contributed by atoms with Crippen LogP contribution in [0.3, 0.4) is 0 Å². The lowest BCUT2D eigenvalue weighted by Crippen LogP contribution is -2.38. The van der Waals surface area contributed by atoms with Crippen LogP contribution in [-0.4, -0.2) is 46.7 Å². The second-order valence-electron chi connectivity index (χ2n) is 4.43. The molecule has 5 nitrogen and oxygen atoms in total. The normalized spacial score (nSPS) is 13.0. The third kappa shape index (κ3) is 5.68. The Labute approximate surface area is 102 Å². The Hall–Kier alpha value is -1.10. The fourth-order valence-corrected chi connectivity index (χ4v) is 2.03. The number of carboxylic acid groups (broad SMARTS) is 2. The molecule has 0 saturated heterocycles. The van der Waals surface area contributed by atoms with Crippen molar-refractivity contribution in [1.82, 2.24) is 4.90 Å². The van der Waals surface area contributed by atoms with E-state index in [9.17, 15) is 9.59 Å². The van der Waals surface area contributed by atoms with Gasteiger partial charge in [0.05, 0.1) is 0 Å². The number of carboxylic acids is 2. The van der Waals surface area contributed by atoms with Gasteiger partial charge in [0.2, 0.25) is 0 Å². The molecule has 0 aliphatic heterocycles. The summed E-state index contributed by atoms with van der Waals surface area (Å²) < 4.78 is 0. The van der Waals surface area contributed by atoms with E-state index in [1.54, 1.807) is 6.92 Å². The smallest absolute Gasteiger partial charge is 0.318 e. The predicted octanol–water partition coefficient (Wildman–Crippen LogP) is 1.53. The number of hydrogen-bond acceptors (Lipinski definition) is 3. The molecule has 0 saturated carbocycles. The van der Waals surface area contributed by atoms with Crippen LogP contribution < -0.4 is 0 Å². The molecule has 5 heteroatoms. The monoisotopic (exact) mass is 245 g/mol. The fraction of sp³-hybridized carbons (Fsp3) is 0.833. The van der Waals surface area contributed by atoms with Crippen molar-refractivity contribution in [3.63, 3.8) is 0 Å². The first kappa shape index (κ1) is 15.9. The predicted molar refractivity (Wildman–Crippen MR) is 64.9 cm³/mol. The van der Waals surface area contributed by atoms with Gasteiger partial charge in [-0.3, -0.25) is 9.59 Å². The van der Waals surface area contributed by atoms with Gasteiger partial charge in [-0.05, 0) is 31.8 Å². The molecule has 1 unspecified atom stereocenters. The van der Waals surface area contributed by atoms with Crippen molar-refractivity contribution in [2.75, 3.05) is 19.6 Å². The molecule has 17 heavy (non-hydrogen) atoms. The third-order valence-electron chi connectivity index (χ3n) is 2.73. The Morgan fingerprint density at radius 2 is 1.47 bits per heavy atom. The second-order valence-corrected chi connectivity index (χ2v) is 4.43. The van der Waals surface area contributed by atoms with Crippen molar-refractivity contribution in [1.29, 1.82) is 0 Å². The van der Waals surface area contributed by atoms with Gasteiger partial charge >= 0.3 is 11.9 Å². The van der Waals surface area contributed by atoms with Gasteiger partial charge in [-0.2, -0.15) is 0 Å². The summed E-state index contributed by atoms with van der Waals surface area (Å²) in [6.45, 7) is 8.07. The van der Waals surface area contributed by atoms with Gasteiger partial charge in [0, 0.05) is 6.54 Å². The number of nitrogens with zero attached hydrogens (tertiary/aromatic N) is 1. The molecule has 0 bridgehead atoms. The first-order valence-electron chi connectivity index (χ1n) is 6.11. The largest absolute Gasteiger partial charge is 0.481 e. The summed E-state index contributed by atoms with van der Waals surface area (Å²) in [5.74, 6) is -4.20. The third-order valence-corrected chi connectivity index (χ3v) is 2.73. The van der Waals surface area contributed by atoms with Crippen LogP contribution in [0.2, 0.25) is 0 Å². The van der Waals surface area contributed by atoms with Gasteiger partial charge in [0.1, 0.15) is 0 Å². The minimum atomic E-state index is -1.31. The first-order chi connectivity index (χ1) is 7.93. The molecule has 2 N–H and O–H groups in total. The zero-order valence-electron chi connectivity index (χ0n) is 10.8. The van der Waals surface area contributed by atoms with Crippen LogP contribution >= 0.6 is 0 Å². The molecule has 0 aliphatic rings. The van der Waals surface area contributed by atoms with E-state index in [4.69, 9.17) is 10.2 Å². The van der Waals surface area contributed by atoms with Crippen LogP contribution in [0.5, 0.6) is 0 Å². The number of rotatable bonds is 9. The molecule has 0 amide bonds. The molecule has 0 fully saturated rings. The van der Waals surface area contributed by atoms with Crippen LogP contribution in [0.25, 0.3) is 0 Å². The summed E-state index contributed by atoms with van der Waals surface area (Å²) in [6, 6.07) is 0. The van der Waals surface area contributed by atoms with Crippen molar-refractivity contribution >= 4 is 11.9 Å². The average molecular weight is 245 g/mol. The highest BCUT2D eigenvalue weighted by Crippen LogP contribution is 2.14. The summed E-state index contributed by atoms with van der Waals surface area (Å²) in [5, 5.41) is 17.8. The van der Waals surface area contributed by atoms with E-state index in [0.29, 0.717) is 6.54 Å². The number of hydrogen-bond donors (Lipinski definition) is 2. The first-order valence-corrected chi connectivity index (χ1v) is 6.11. The lowest BCUT2D eigenvalue weighted by molar-refractivity contribution is -0.157. The van der Waals surface area contributed by atoms with Crippen LogP contribution in [-0.2, 0) is 9.59 Å². The van der Waals surface area contributed by atoms with E-state index in [1.165, 1.54) is 0 Å². The van der Waals surface area contributed by atoms with Crippen LogP contribution in [0.4, 0.5) is 0 Å². The molecule has 100 valence electrons. The fourth-order valence-electron chi connectivity index (χ4n) is 2.03. The van der Waals surface area contributed by atoms with Crippen molar-refractivity contribution in [3.05, 3.63) is 0 Å². The molecule has 0 heterocycles. The number of aliphatic carboxylic acids is 2. The van der Waals surface area contributed by atoms with Crippen LogP contribution in [0.15, 0.2) is 0 Å². The molecule has 0 aromatic rings. The van der Waals surface area contributed by atoms with Gasteiger partial charge in [0.25, 0.3) is 0 Å². The Bertz CT molecular complexity index is 235. The molecule has 0 aromatic heterocycles. The molecule has 0 aromatic carbocycles. The summed E-state index contributed by atoms with van der Waals surface area (Å²) in [5.41, 5.74) is 0. The van der Waals surface area contributed by atoms with Crippen molar-refractivity contribution in [3.8, 4) is 0 Å². The summed E-state index contributed by atoms with van der Waals surface area (Å²) >= 11 is 0. The SMILES string of the molecule is CCCN(CCC)CC(C)C(C(=O)O)C(=O)O. The maximum absolute atomic E-state index is 10.9. The summed E-state index contributed by atoms with van der Waals surface area (Å²) in [4.78, 5) is 23.9. The van der Waals surface area contributed by atoms with Crippen LogP contribution in [0, 0.1) is 11.8 Å². The van der Waals surface area contributed by atoms with E-state index < -0.39 is 17.9 Å². The molecule has 0 radical (unpaired) electrons. The quantitative estimate of drug-likeness (QED) is 0.602. The summed E-state index contributed by atoms with van der Waals surface area (Å²) in [7, 11) is 0. The zero-order chi connectivity index (χ0) is 13.4.